The van der Waals surface area contributed by atoms with Crippen molar-refractivity contribution in [2.24, 2.45) is 0 Å². The van der Waals surface area contributed by atoms with E-state index in [0.717, 1.165) is 0 Å². The Labute approximate surface area is 93.0 Å². The summed E-state index contributed by atoms with van der Waals surface area (Å²) in [5, 5.41) is 2.58. The number of halogens is 1. The van der Waals surface area contributed by atoms with Crippen LogP contribution < -0.4 is 5.32 Å². The summed E-state index contributed by atoms with van der Waals surface area (Å²) in [6.07, 6.45) is 3.85. The average Bonchev–Trinajstić information content (AvgIpc) is 2.24. The lowest BCUT2D eigenvalue weighted by molar-refractivity contribution is -0.118. The highest BCUT2D eigenvalue weighted by Gasteiger charge is 1.99. The van der Waals surface area contributed by atoms with E-state index < -0.39 is 5.82 Å². The molecule has 16 heavy (non-hydrogen) atoms. The molecule has 4 heteroatoms. The second kappa shape index (κ2) is 5.80. The van der Waals surface area contributed by atoms with E-state index in [1.807, 2.05) is 0 Å². The summed E-state index contributed by atoms with van der Waals surface area (Å²) in [4.78, 5) is 20.9. The summed E-state index contributed by atoms with van der Waals surface area (Å²) in [6, 6.07) is 4.32. The third-order valence-electron chi connectivity index (χ3n) is 1.93. The first-order valence-corrected chi connectivity index (χ1v) is 4.79. The topological polar surface area (TPSA) is 46.2 Å². The van der Waals surface area contributed by atoms with E-state index >= 15 is 0 Å². The molecule has 0 fully saturated rings. The first-order chi connectivity index (χ1) is 7.63. The van der Waals surface area contributed by atoms with Gasteiger partial charge in [-0.25, -0.2) is 4.39 Å². The van der Waals surface area contributed by atoms with E-state index in [4.69, 9.17) is 0 Å². The molecule has 1 amide bonds. The molecule has 0 atom stereocenters. The Morgan fingerprint density at radius 1 is 1.50 bits per heavy atom. The number of nitrogens with one attached hydrogen (secondary N) is 1. The number of carbonyl (C=O) groups is 2. The quantitative estimate of drug-likeness (QED) is 0.788. The van der Waals surface area contributed by atoms with E-state index in [1.54, 1.807) is 18.2 Å². The molecule has 0 aromatic heterocycles. The zero-order chi connectivity index (χ0) is 12.0. The van der Waals surface area contributed by atoms with Crippen molar-refractivity contribution in [1.29, 1.82) is 0 Å². The summed E-state index contributed by atoms with van der Waals surface area (Å²) >= 11 is 0. The van der Waals surface area contributed by atoms with Gasteiger partial charge >= 0.3 is 0 Å². The Morgan fingerprint density at radius 3 is 2.81 bits per heavy atom. The smallest absolute Gasteiger partial charge is 0.217 e. The molecule has 1 rings (SSSR count). The largest absolute Gasteiger partial charge is 0.353 e. The Kier molecular flexibility index (Phi) is 4.39. The maximum atomic E-state index is 13.2. The second-order valence-corrected chi connectivity index (χ2v) is 3.24. The van der Waals surface area contributed by atoms with Crippen LogP contribution in [-0.2, 0) is 4.79 Å². The zero-order valence-electron chi connectivity index (χ0n) is 8.87. The highest BCUT2D eigenvalue weighted by Crippen LogP contribution is 2.09. The molecule has 0 heterocycles. The molecule has 0 aliphatic rings. The fourth-order valence-electron chi connectivity index (χ4n) is 1.14. The Hall–Kier alpha value is -1.97. The summed E-state index contributed by atoms with van der Waals surface area (Å²) in [7, 11) is 0. The van der Waals surface area contributed by atoms with Crippen molar-refractivity contribution in [2.45, 2.75) is 6.92 Å². The number of amides is 1. The van der Waals surface area contributed by atoms with Crippen LogP contribution in [0.1, 0.15) is 22.8 Å². The third kappa shape index (κ3) is 3.65. The van der Waals surface area contributed by atoms with Gasteiger partial charge in [0.25, 0.3) is 0 Å². The van der Waals surface area contributed by atoms with Crippen LogP contribution in [0, 0.1) is 5.82 Å². The van der Waals surface area contributed by atoms with Gasteiger partial charge in [-0.3, -0.25) is 9.59 Å². The van der Waals surface area contributed by atoms with Crippen molar-refractivity contribution in [3.05, 3.63) is 41.2 Å². The first-order valence-electron chi connectivity index (χ1n) is 4.79. The molecule has 1 aromatic rings. The Bertz CT molecular complexity index is 427. The number of aldehydes is 1. The predicted molar refractivity (Wildman–Crippen MR) is 59.5 cm³/mol. The highest BCUT2D eigenvalue weighted by atomic mass is 19.1. The Balaban J connectivity index is 2.64. The van der Waals surface area contributed by atoms with E-state index in [0.29, 0.717) is 18.4 Å². The van der Waals surface area contributed by atoms with E-state index in [1.165, 1.54) is 19.1 Å². The van der Waals surface area contributed by atoms with Crippen LogP contribution in [0.4, 0.5) is 4.39 Å². The summed E-state index contributed by atoms with van der Waals surface area (Å²) in [5.74, 6) is -0.663. The molecule has 0 unspecified atom stereocenters. The monoisotopic (exact) mass is 221 g/mol. The number of rotatable bonds is 4. The molecule has 1 N–H and O–H groups in total. The van der Waals surface area contributed by atoms with Gasteiger partial charge in [0.1, 0.15) is 5.82 Å². The number of carbonyl (C=O) groups excluding carboxylic acids is 2. The van der Waals surface area contributed by atoms with Crippen LogP contribution in [-0.4, -0.2) is 18.7 Å². The molecule has 0 saturated carbocycles. The standard InChI is InChI=1S/C12H12FNO2/c1-9(16)14-6-2-3-10-4-5-11(8-15)12(13)7-10/h2-5,7-8H,6H2,1H3,(H,14,16). The molecular formula is C12H12FNO2. The lowest BCUT2D eigenvalue weighted by Gasteiger charge is -1.98. The molecular weight excluding hydrogens is 209 g/mol. The molecule has 3 nitrogen and oxygen atoms in total. The van der Waals surface area contributed by atoms with E-state index in [9.17, 15) is 14.0 Å². The van der Waals surface area contributed by atoms with Crippen LogP contribution in [0.5, 0.6) is 0 Å². The van der Waals surface area contributed by atoms with Gasteiger partial charge in [0.2, 0.25) is 5.91 Å². The van der Waals surface area contributed by atoms with Crippen molar-refractivity contribution < 1.29 is 14.0 Å². The zero-order valence-corrected chi connectivity index (χ0v) is 8.87. The highest BCUT2D eigenvalue weighted by molar-refractivity contribution is 5.76. The van der Waals surface area contributed by atoms with Gasteiger partial charge in [0.15, 0.2) is 6.29 Å². The molecule has 0 aliphatic carbocycles. The summed E-state index contributed by atoms with van der Waals surface area (Å²) in [5.41, 5.74) is 0.687. The van der Waals surface area contributed by atoms with Crippen LogP contribution >= 0.6 is 0 Å². The number of hydrogen-bond acceptors (Lipinski definition) is 2. The van der Waals surface area contributed by atoms with Gasteiger partial charge in [-0.2, -0.15) is 0 Å². The van der Waals surface area contributed by atoms with Gasteiger partial charge in [0, 0.05) is 13.5 Å². The number of hydrogen-bond donors (Lipinski definition) is 1. The van der Waals surface area contributed by atoms with Gasteiger partial charge < -0.3 is 5.32 Å². The van der Waals surface area contributed by atoms with Gasteiger partial charge in [0.05, 0.1) is 5.56 Å². The maximum Gasteiger partial charge on any atom is 0.217 e. The van der Waals surface area contributed by atoms with Crippen LogP contribution in [0.25, 0.3) is 6.08 Å². The SMILES string of the molecule is CC(=O)NCC=Cc1ccc(C=O)c(F)c1. The molecule has 0 radical (unpaired) electrons. The summed E-state index contributed by atoms with van der Waals surface area (Å²) < 4.78 is 13.2. The molecule has 0 spiro atoms. The minimum absolute atomic E-state index is 0.0408. The molecule has 0 aliphatic heterocycles. The normalized spacial score (nSPS) is 10.4. The van der Waals surface area contributed by atoms with Gasteiger partial charge in [-0.15, -0.1) is 0 Å². The molecule has 0 saturated heterocycles. The lowest BCUT2D eigenvalue weighted by Crippen LogP contribution is -2.19. The third-order valence-corrected chi connectivity index (χ3v) is 1.93. The van der Waals surface area contributed by atoms with Crippen molar-refractivity contribution in [1.82, 2.24) is 5.32 Å². The lowest BCUT2D eigenvalue weighted by atomic mass is 10.1. The minimum Gasteiger partial charge on any atom is -0.353 e. The van der Waals surface area contributed by atoms with Crippen molar-refractivity contribution in [2.75, 3.05) is 6.54 Å². The summed E-state index contributed by atoms with van der Waals surface area (Å²) in [6.45, 7) is 1.82. The van der Waals surface area contributed by atoms with Crippen LogP contribution in [0.15, 0.2) is 24.3 Å². The van der Waals surface area contributed by atoms with Gasteiger partial charge in [-0.05, 0) is 17.7 Å². The fourth-order valence-corrected chi connectivity index (χ4v) is 1.14. The predicted octanol–water partition coefficient (Wildman–Crippen LogP) is 1.79. The average molecular weight is 221 g/mol. The van der Waals surface area contributed by atoms with E-state index in [-0.39, 0.29) is 11.5 Å². The molecule has 84 valence electrons. The van der Waals surface area contributed by atoms with Crippen molar-refractivity contribution in [3.63, 3.8) is 0 Å². The Morgan fingerprint density at radius 2 is 2.25 bits per heavy atom. The first kappa shape index (κ1) is 12.1. The van der Waals surface area contributed by atoms with Gasteiger partial charge in [-0.1, -0.05) is 18.2 Å². The maximum absolute atomic E-state index is 13.2. The second-order valence-electron chi connectivity index (χ2n) is 3.24. The fraction of sp³-hybridized carbons (Fsp3) is 0.167. The van der Waals surface area contributed by atoms with Crippen LogP contribution in [0.3, 0.4) is 0 Å². The van der Waals surface area contributed by atoms with Crippen molar-refractivity contribution in [3.8, 4) is 0 Å². The minimum atomic E-state index is -0.545. The van der Waals surface area contributed by atoms with Crippen molar-refractivity contribution >= 4 is 18.3 Å². The molecule has 0 bridgehead atoms. The van der Waals surface area contributed by atoms with E-state index in [2.05, 4.69) is 5.32 Å². The van der Waals surface area contributed by atoms with Crippen LogP contribution in [0.2, 0.25) is 0 Å². The molecule has 1 aromatic carbocycles. The number of benzene rings is 1.